The molecular weight excluding hydrogens is 324 g/mol. The Morgan fingerprint density at radius 1 is 1.30 bits per heavy atom. The van der Waals surface area contributed by atoms with E-state index in [0.717, 1.165) is 14.9 Å². The Labute approximate surface area is 124 Å². The number of hydrogen-bond acceptors (Lipinski definition) is 3. The summed E-state index contributed by atoms with van der Waals surface area (Å²) in [5.74, 6) is -0.830. The van der Waals surface area contributed by atoms with E-state index in [4.69, 9.17) is 0 Å². The van der Waals surface area contributed by atoms with Crippen molar-refractivity contribution >= 4 is 33.8 Å². The van der Waals surface area contributed by atoms with Crippen LogP contribution < -0.4 is 5.32 Å². The van der Waals surface area contributed by atoms with Gasteiger partial charge in [0.25, 0.3) is 0 Å². The normalized spacial score (nSPS) is 21.9. The van der Waals surface area contributed by atoms with E-state index in [1.165, 1.54) is 0 Å². The first-order valence-electron chi connectivity index (χ1n) is 6.40. The van der Waals surface area contributed by atoms with Crippen LogP contribution in [0.5, 0.6) is 0 Å². The van der Waals surface area contributed by atoms with Gasteiger partial charge in [0.1, 0.15) is 5.41 Å². The molecule has 0 radical (unpaired) electrons. The number of benzene rings is 1. The number of hydrogen-bond donors (Lipinski definition) is 1. The molecule has 3 rings (SSSR count). The van der Waals surface area contributed by atoms with Crippen LogP contribution in [0.15, 0.2) is 28.7 Å². The molecule has 1 heterocycles. The van der Waals surface area contributed by atoms with E-state index in [1.54, 1.807) is 6.92 Å². The third-order valence-electron chi connectivity index (χ3n) is 3.97. The van der Waals surface area contributed by atoms with Gasteiger partial charge in [0.2, 0.25) is 11.8 Å². The van der Waals surface area contributed by atoms with Crippen LogP contribution >= 0.6 is 15.9 Å². The summed E-state index contributed by atoms with van der Waals surface area (Å²) in [7, 11) is 0. The number of barbiturate groups is 1. The Balaban J connectivity index is 1.94. The van der Waals surface area contributed by atoms with Gasteiger partial charge in [0.05, 0.1) is 6.04 Å². The van der Waals surface area contributed by atoms with Crippen molar-refractivity contribution < 1.29 is 14.4 Å². The maximum absolute atomic E-state index is 12.5. The maximum atomic E-state index is 12.5. The van der Waals surface area contributed by atoms with Crippen molar-refractivity contribution in [2.24, 2.45) is 5.41 Å². The maximum Gasteiger partial charge on any atom is 0.331 e. The molecule has 1 aliphatic carbocycles. The van der Waals surface area contributed by atoms with Crippen molar-refractivity contribution in [3.63, 3.8) is 0 Å². The highest BCUT2D eigenvalue weighted by Crippen LogP contribution is 2.50. The predicted molar refractivity (Wildman–Crippen MR) is 74.6 cm³/mol. The molecule has 4 amide bonds. The summed E-state index contributed by atoms with van der Waals surface area (Å²) in [6.07, 6.45) is 1.04. The van der Waals surface area contributed by atoms with Gasteiger partial charge >= 0.3 is 6.03 Å². The van der Waals surface area contributed by atoms with Crippen LogP contribution in [0, 0.1) is 5.41 Å². The predicted octanol–water partition coefficient (Wildman–Crippen LogP) is 2.37. The highest BCUT2D eigenvalue weighted by atomic mass is 79.9. The zero-order valence-electron chi connectivity index (χ0n) is 10.9. The molecule has 1 aliphatic heterocycles. The largest absolute Gasteiger partial charge is 0.331 e. The molecule has 2 fully saturated rings. The van der Waals surface area contributed by atoms with Crippen molar-refractivity contribution in [1.82, 2.24) is 10.2 Å². The zero-order valence-corrected chi connectivity index (χ0v) is 12.4. The average Bonchev–Trinajstić information content (AvgIpc) is 3.18. The van der Waals surface area contributed by atoms with E-state index >= 15 is 0 Å². The van der Waals surface area contributed by atoms with Crippen molar-refractivity contribution in [3.8, 4) is 0 Å². The number of halogens is 1. The Hall–Kier alpha value is -1.69. The fourth-order valence-electron chi connectivity index (χ4n) is 2.53. The second-order valence-corrected chi connectivity index (χ2v) is 6.16. The first-order chi connectivity index (χ1) is 9.45. The fraction of sp³-hybridized carbons (Fsp3) is 0.357. The molecule has 2 aliphatic rings. The summed E-state index contributed by atoms with van der Waals surface area (Å²) >= 11 is 3.37. The van der Waals surface area contributed by atoms with Crippen LogP contribution in [0.25, 0.3) is 0 Å². The lowest BCUT2D eigenvalue weighted by molar-refractivity contribution is -0.146. The van der Waals surface area contributed by atoms with Gasteiger partial charge in [-0.1, -0.05) is 28.1 Å². The van der Waals surface area contributed by atoms with Gasteiger partial charge in [-0.05, 0) is 37.5 Å². The zero-order chi connectivity index (χ0) is 14.5. The van der Waals surface area contributed by atoms with Gasteiger partial charge in [0.15, 0.2) is 0 Å². The lowest BCUT2D eigenvalue weighted by Gasteiger charge is -2.34. The first-order valence-corrected chi connectivity index (χ1v) is 7.19. The number of amides is 4. The molecule has 1 aromatic rings. The molecule has 1 aromatic carbocycles. The Morgan fingerprint density at radius 3 is 2.60 bits per heavy atom. The average molecular weight is 337 g/mol. The number of rotatable bonds is 2. The van der Waals surface area contributed by atoms with E-state index < -0.39 is 23.4 Å². The Bertz CT molecular complexity index is 625. The summed E-state index contributed by atoms with van der Waals surface area (Å²) < 4.78 is 0.879. The van der Waals surface area contributed by atoms with Gasteiger partial charge in [0, 0.05) is 4.47 Å². The van der Waals surface area contributed by atoms with Crippen LogP contribution in [0.2, 0.25) is 0 Å². The topological polar surface area (TPSA) is 66.5 Å². The molecule has 104 valence electrons. The van der Waals surface area contributed by atoms with Crippen molar-refractivity contribution in [1.29, 1.82) is 0 Å². The summed E-state index contributed by atoms with van der Waals surface area (Å²) in [6, 6.07) is 6.39. The SMILES string of the molecule is CC(c1cccc(Br)c1)N1C(=O)NC(=O)C2(CC2)C1=O. The molecule has 1 N–H and O–H groups in total. The van der Waals surface area contributed by atoms with Gasteiger partial charge in [-0.2, -0.15) is 0 Å². The lowest BCUT2D eigenvalue weighted by atomic mass is 9.98. The number of nitrogens with one attached hydrogen (secondary N) is 1. The third-order valence-corrected chi connectivity index (χ3v) is 4.46. The van der Waals surface area contributed by atoms with Crippen LogP contribution in [0.1, 0.15) is 31.4 Å². The van der Waals surface area contributed by atoms with E-state index in [-0.39, 0.29) is 5.91 Å². The van der Waals surface area contributed by atoms with Crippen LogP contribution in [-0.4, -0.2) is 22.7 Å². The van der Waals surface area contributed by atoms with Gasteiger partial charge in [-0.25, -0.2) is 4.79 Å². The molecule has 1 saturated carbocycles. The fourth-order valence-corrected chi connectivity index (χ4v) is 2.95. The van der Waals surface area contributed by atoms with Crippen molar-refractivity contribution in [2.75, 3.05) is 0 Å². The summed E-state index contributed by atoms with van der Waals surface area (Å²) in [6.45, 7) is 1.78. The molecule has 0 bridgehead atoms. The summed E-state index contributed by atoms with van der Waals surface area (Å²) in [4.78, 5) is 37.4. The quantitative estimate of drug-likeness (QED) is 0.843. The van der Waals surface area contributed by atoms with E-state index in [1.807, 2.05) is 24.3 Å². The summed E-state index contributed by atoms with van der Waals surface area (Å²) in [5.41, 5.74) is -0.151. The molecule has 6 heteroatoms. The molecule has 1 spiro atoms. The number of carbonyl (C=O) groups excluding carboxylic acids is 3. The molecule has 1 unspecified atom stereocenters. The highest BCUT2D eigenvalue weighted by Gasteiger charge is 2.62. The van der Waals surface area contributed by atoms with Crippen molar-refractivity contribution in [2.45, 2.75) is 25.8 Å². The second-order valence-electron chi connectivity index (χ2n) is 5.25. The number of urea groups is 1. The number of imide groups is 2. The van der Waals surface area contributed by atoms with Gasteiger partial charge in [-0.15, -0.1) is 0 Å². The van der Waals surface area contributed by atoms with E-state index in [2.05, 4.69) is 21.2 Å². The van der Waals surface area contributed by atoms with Gasteiger partial charge in [-0.3, -0.25) is 19.8 Å². The van der Waals surface area contributed by atoms with Crippen LogP contribution in [-0.2, 0) is 9.59 Å². The minimum atomic E-state index is -0.992. The monoisotopic (exact) mass is 336 g/mol. The number of carbonyl (C=O) groups is 3. The molecule has 1 atom stereocenters. The van der Waals surface area contributed by atoms with Gasteiger partial charge < -0.3 is 0 Å². The standard InChI is InChI=1S/C14H13BrN2O3/c1-8(9-3-2-4-10(15)7-9)17-12(19)14(5-6-14)11(18)16-13(17)20/h2-4,7-8H,5-6H2,1H3,(H,16,18,20). The molecule has 0 aromatic heterocycles. The van der Waals surface area contributed by atoms with Crippen LogP contribution in [0.3, 0.4) is 0 Å². The Kier molecular flexibility index (Phi) is 2.93. The first kappa shape index (κ1) is 13.3. The van der Waals surface area contributed by atoms with E-state index in [0.29, 0.717) is 12.8 Å². The molecule has 20 heavy (non-hydrogen) atoms. The molecule has 1 saturated heterocycles. The summed E-state index contributed by atoms with van der Waals surface area (Å²) in [5, 5.41) is 2.29. The second kappa shape index (κ2) is 4.41. The highest BCUT2D eigenvalue weighted by molar-refractivity contribution is 9.10. The van der Waals surface area contributed by atoms with Crippen molar-refractivity contribution in [3.05, 3.63) is 34.3 Å². The Morgan fingerprint density at radius 2 is 2.00 bits per heavy atom. The lowest BCUT2D eigenvalue weighted by Crippen LogP contribution is -2.59. The minimum Gasteiger partial charge on any atom is -0.277 e. The smallest absolute Gasteiger partial charge is 0.277 e. The van der Waals surface area contributed by atoms with Crippen LogP contribution in [0.4, 0.5) is 4.79 Å². The molecule has 5 nitrogen and oxygen atoms in total. The number of nitrogens with zero attached hydrogens (tertiary/aromatic N) is 1. The molecular formula is C14H13BrN2O3. The third kappa shape index (κ3) is 1.86. The minimum absolute atomic E-state index is 0.376. The van der Waals surface area contributed by atoms with E-state index in [9.17, 15) is 14.4 Å².